The van der Waals surface area contributed by atoms with Gasteiger partial charge in [0, 0.05) is 38.7 Å². The molecule has 0 aliphatic rings. The number of hydrogen-bond donors (Lipinski definition) is 2. The number of aryl methyl sites for hydroxylation is 1. The second kappa shape index (κ2) is 8.24. The van der Waals surface area contributed by atoms with Gasteiger partial charge in [0.15, 0.2) is 5.96 Å². The average molecular weight is 352 g/mol. The molecule has 0 saturated carbocycles. The van der Waals surface area contributed by atoms with Gasteiger partial charge in [-0.2, -0.15) is 0 Å². The molecule has 0 unspecified atom stereocenters. The van der Waals surface area contributed by atoms with Crippen LogP contribution in [0.25, 0.3) is 5.82 Å². The summed E-state index contributed by atoms with van der Waals surface area (Å²) < 4.78 is 15.2. The number of benzene rings is 1. The molecule has 26 heavy (non-hydrogen) atoms. The predicted octanol–water partition coefficient (Wildman–Crippen LogP) is 2.58. The highest BCUT2D eigenvalue weighted by atomic mass is 19.1. The lowest BCUT2D eigenvalue weighted by atomic mass is 10.1. The Morgan fingerprint density at radius 3 is 2.54 bits per heavy atom. The maximum atomic E-state index is 13.3. The van der Waals surface area contributed by atoms with Crippen LogP contribution in [-0.4, -0.2) is 27.5 Å². The molecule has 0 fully saturated rings. The summed E-state index contributed by atoms with van der Waals surface area (Å²) in [6, 6.07) is 9.02. The normalized spacial score (nSPS) is 11.4. The molecule has 1 aromatic carbocycles. The van der Waals surface area contributed by atoms with Gasteiger partial charge in [-0.1, -0.05) is 12.1 Å². The van der Waals surface area contributed by atoms with Crippen molar-refractivity contribution >= 4 is 5.96 Å². The Balaban J connectivity index is 1.57. The van der Waals surface area contributed by atoms with E-state index in [1.807, 2.05) is 29.0 Å². The van der Waals surface area contributed by atoms with Crippen molar-refractivity contribution in [2.45, 2.75) is 20.0 Å². The lowest BCUT2D eigenvalue weighted by Gasteiger charge is -2.13. The van der Waals surface area contributed by atoms with E-state index >= 15 is 0 Å². The molecule has 0 bridgehead atoms. The summed E-state index contributed by atoms with van der Waals surface area (Å²) in [7, 11) is 1.72. The number of aromatic nitrogens is 3. The van der Waals surface area contributed by atoms with Crippen LogP contribution in [0.2, 0.25) is 0 Å². The molecule has 0 amide bonds. The van der Waals surface area contributed by atoms with Crippen LogP contribution in [-0.2, 0) is 13.1 Å². The molecule has 7 heteroatoms. The maximum Gasteiger partial charge on any atom is 0.191 e. The Kier molecular flexibility index (Phi) is 5.58. The van der Waals surface area contributed by atoms with Crippen molar-refractivity contribution in [3.05, 3.63) is 77.8 Å². The Morgan fingerprint density at radius 1 is 1.12 bits per heavy atom. The molecule has 2 N–H and O–H groups in total. The van der Waals surface area contributed by atoms with Crippen LogP contribution >= 0.6 is 0 Å². The fourth-order valence-corrected chi connectivity index (χ4v) is 2.52. The zero-order valence-corrected chi connectivity index (χ0v) is 14.8. The molecule has 6 nitrogen and oxygen atoms in total. The summed E-state index contributed by atoms with van der Waals surface area (Å²) >= 11 is 0. The molecule has 0 spiro atoms. The first kappa shape index (κ1) is 17.6. The number of halogens is 1. The maximum absolute atomic E-state index is 13.3. The minimum atomic E-state index is -0.192. The van der Waals surface area contributed by atoms with E-state index in [1.54, 1.807) is 38.8 Å². The SMILES string of the molecule is CN=C(NCc1ccnc(-n2ccnc2)c1)NCc1ccc(F)c(C)c1. The van der Waals surface area contributed by atoms with Gasteiger partial charge in [0.1, 0.15) is 18.0 Å². The highest BCUT2D eigenvalue weighted by Crippen LogP contribution is 2.09. The van der Waals surface area contributed by atoms with Crippen molar-refractivity contribution in [3.63, 3.8) is 0 Å². The molecule has 3 aromatic rings. The van der Waals surface area contributed by atoms with E-state index in [-0.39, 0.29) is 5.82 Å². The van der Waals surface area contributed by atoms with Gasteiger partial charge < -0.3 is 10.6 Å². The molecule has 0 aliphatic heterocycles. The van der Waals surface area contributed by atoms with Crippen LogP contribution in [0.4, 0.5) is 4.39 Å². The van der Waals surface area contributed by atoms with E-state index in [2.05, 4.69) is 25.6 Å². The lowest BCUT2D eigenvalue weighted by molar-refractivity contribution is 0.617. The molecule has 2 heterocycles. The van der Waals surface area contributed by atoms with Crippen molar-refractivity contribution < 1.29 is 4.39 Å². The average Bonchev–Trinajstić information content (AvgIpc) is 3.20. The van der Waals surface area contributed by atoms with E-state index in [4.69, 9.17) is 0 Å². The van der Waals surface area contributed by atoms with Crippen molar-refractivity contribution in [1.29, 1.82) is 0 Å². The smallest absolute Gasteiger partial charge is 0.191 e. The van der Waals surface area contributed by atoms with Crippen molar-refractivity contribution in [2.75, 3.05) is 7.05 Å². The zero-order chi connectivity index (χ0) is 18.4. The van der Waals surface area contributed by atoms with Crippen LogP contribution in [0.5, 0.6) is 0 Å². The fraction of sp³-hybridized carbons (Fsp3) is 0.211. The number of guanidine groups is 1. The monoisotopic (exact) mass is 352 g/mol. The summed E-state index contributed by atoms with van der Waals surface area (Å²) in [4.78, 5) is 12.6. The minimum absolute atomic E-state index is 0.192. The van der Waals surface area contributed by atoms with Gasteiger partial charge in [-0.05, 0) is 41.8 Å². The minimum Gasteiger partial charge on any atom is -0.352 e. The topological polar surface area (TPSA) is 67.1 Å². The molecular formula is C19H21FN6. The Hall–Kier alpha value is -3.22. The number of nitrogens with one attached hydrogen (secondary N) is 2. The molecule has 0 saturated heterocycles. The van der Waals surface area contributed by atoms with E-state index in [0.29, 0.717) is 24.6 Å². The van der Waals surface area contributed by atoms with E-state index in [9.17, 15) is 4.39 Å². The van der Waals surface area contributed by atoms with Crippen molar-refractivity contribution in [2.24, 2.45) is 4.99 Å². The first-order valence-electron chi connectivity index (χ1n) is 8.28. The van der Waals surface area contributed by atoms with E-state index < -0.39 is 0 Å². The van der Waals surface area contributed by atoms with Crippen molar-refractivity contribution in [3.8, 4) is 5.82 Å². The second-order valence-corrected chi connectivity index (χ2v) is 5.86. The second-order valence-electron chi connectivity index (χ2n) is 5.86. The number of imidazole rings is 1. The fourth-order valence-electron chi connectivity index (χ4n) is 2.52. The van der Waals surface area contributed by atoms with Gasteiger partial charge in [-0.15, -0.1) is 0 Å². The summed E-state index contributed by atoms with van der Waals surface area (Å²) in [5.41, 5.74) is 2.71. The molecular weight excluding hydrogens is 331 g/mol. The zero-order valence-electron chi connectivity index (χ0n) is 14.8. The highest BCUT2D eigenvalue weighted by molar-refractivity contribution is 5.79. The molecule has 2 aromatic heterocycles. The van der Waals surface area contributed by atoms with Crippen LogP contribution in [0.1, 0.15) is 16.7 Å². The van der Waals surface area contributed by atoms with Gasteiger partial charge in [0.2, 0.25) is 0 Å². The predicted molar refractivity (Wildman–Crippen MR) is 99.5 cm³/mol. The molecule has 0 atom stereocenters. The molecule has 0 aliphatic carbocycles. The summed E-state index contributed by atoms with van der Waals surface area (Å²) in [5.74, 6) is 1.29. The van der Waals surface area contributed by atoms with Crippen molar-refractivity contribution in [1.82, 2.24) is 25.2 Å². The molecule has 0 radical (unpaired) electrons. The largest absolute Gasteiger partial charge is 0.352 e. The Morgan fingerprint density at radius 2 is 1.88 bits per heavy atom. The highest BCUT2D eigenvalue weighted by Gasteiger charge is 2.03. The standard InChI is InChI=1S/C19H21FN6/c1-14-9-15(3-4-17(14)20)11-24-19(21-2)25-12-16-5-6-23-18(10-16)26-8-7-22-13-26/h3-10,13H,11-12H2,1-2H3,(H2,21,24,25). The van der Waals surface area contributed by atoms with Crippen LogP contribution in [0.15, 0.2) is 60.2 Å². The Labute approximate surface area is 151 Å². The first-order valence-corrected chi connectivity index (χ1v) is 8.28. The number of nitrogens with zero attached hydrogens (tertiary/aromatic N) is 4. The van der Waals surface area contributed by atoms with Gasteiger partial charge in [-0.3, -0.25) is 9.56 Å². The van der Waals surface area contributed by atoms with Crippen LogP contribution in [0, 0.1) is 12.7 Å². The number of rotatable bonds is 5. The molecule has 134 valence electrons. The van der Waals surface area contributed by atoms with Crippen LogP contribution < -0.4 is 10.6 Å². The number of aliphatic imine (C=N–C) groups is 1. The van der Waals surface area contributed by atoms with Gasteiger partial charge in [-0.25, -0.2) is 14.4 Å². The number of pyridine rings is 1. The van der Waals surface area contributed by atoms with E-state index in [1.165, 1.54) is 6.07 Å². The first-order chi connectivity index (χ1) is 12.7. The lowest BCUT2D eigenvalue weighted by Crippen LogP contribution is -2.36. The third-order valence-electron chi connectivity index (χ3n) is 3.94. The summed E-state index contributed by atoms with van der Waals surface area (Å²) in [6.45, 7) is 2.93. The third-order valence-corrected chi connectivity index (χ3v) is 3.94. The summed E-state index contributed by atoms with van der Waals surface area (Å²) in [5, 5.41) is 6.50. The third kappa shape index (κ3) is 4.44. The van der Waals surface area contributed by atoms with E-state index in [0.717, 1.165) is 16.9 Å². The van der Waals surface area contributed by atoms with Gasteiger partial charge in [0.25, 0.3) is 0 Å². The quantitative estimate of drug-likeness (QED) is 0.547. The summed E-state index contributed by atoms with van der Waals surface area (Å²) in [6.07, 6.45) is 7.05. The van der Waals surface area contributed by atoms with Crippen LogP contribution in [0.3, 0.4) is 0 Å². The van der Waals surface area contributed by atoms with Gasteiger partial charge in [0.05, 0.1) is 0 Å². The number of hydrogen-bond acceptors (Lipinski definition) is 3. The molecule has 3 rings (SSSR count). The Bertz CT molecular complexity index is 889. The van der Waals surface area contributed by atoms with Gasteiger partial charge >= 0.3 is 0 Å².